The van der Waals surface area contributed by atoms with E-state index in [1.54, 1.807) is 18.6 Å². The van der Waals surface area contributed by atoms with E-state index < -0.39 is 0 Å². The van der Waals surface area contributed by atoms with Gasteiger partial charge in [0, 0.05) is 12.2 Å². The van der Waals surface area contributed by atoms with Crippen LogP contribution in [0.4, 0.5) is 0 Å². The van der Waals surface area contributed by atoms with Crippen molar-refractivity contribution in [1.29, 1.82) is 0 Å². The fraction of sp³-hybridized carbons (Fsp3) is 0.462. The molecule has 2 aromatic rings. The zero-order valence-electron chi connectivity index (χ0n) is 11.6. The molecule has 19 heavy (non-hydrogen) atoms. The third kappa shape index (κ3) is 2.77. The molecule has 0 amide bonds. The third-order valence-corrected chi connectivity index (χ3v) is 3.23. The molecule has 1 unspecified atom stereocenters. The molecular formula is C13H18ClN5. The molecule has 1 atom stereocenters. The number of halogens is 1. The van der Waals surface area contributed by atoms with Gasteiger partial charge in [-0.25, -0.2) is 0 Å². The standard InChI is InChI=1S/C13H18ClN5/c1-8(2)19-13(10(14)6-18-19)12(15-4)11-7-16-9(3)5-17-11/h5-8,12,15H,1-4H3. The van der Waals surface area contributed by atoms with Crippen LogP contribution in [0.15, 0.2) is 18.6 Å². The molecule has 5 nitrogen and oxygen atoms in total. The highest BCUT2D eigenvalue weighted by molar-refractivity contribution is 6.31. The Bertz CT molecular complexity index is 547. The zero-order valence-corrected chi connectivity index (χ0v) is 12.3. The predicted molar refractivity (Wildman–Crippen MR) is 75.3 cm³/mol. The van der Waals surface area contributed by atoms with Crippen LogP contribution in [-0.2, 0) is 0 Å². The highest BCUT2D eigenvalue weighted by atomic mass is 35.5. The topological polar surface area (TPSA) is 55.6 Å². The van der Waals surface area contributed by atoms with Gasteiger partial charge in [-0.1, -0.05) is 11.6 Å². The average Bonchev–Trinajstić information content (AvgIpc) is 2.75. The Morgan fingerprint density at radius 2 is 1.95 bits per heavy atom. The lowest BCUT2D eigenvalue weighted by molar-refractivity contribution is 0.480. The summed E-state index contributed by atoms with van der Waals surface area (Å²) in [7, 11) is 1.88. The van der Waals surface area contributed by atoms with Crippen molar-refractivity contribution in [2.75, 3.05) is 7.05 Å². The second kappa shape index (κ2) is 5.67. The quantitative estimate of drug-likeness (QED) is 0.934. The molecule has 0 radical (unpaired) electrons. The number of rotatable bonds is 4. The van der Waals surface area contributed by atoms with Crippen LogP contribution in [0.2, 0.25) is 5.02 Å². The molecule has 0 aliphatic heterocycles. The molecule has 2 heterocycles. The Morgan fingerprint density at radius 1 is 1.21 bits per heavy atom. The Balaban J connectivity index is 2.47. The third-order valence-electron chi connectivity index (χ3n) is 2.93. The van der Waals surface area contributed by atoms with Gasteiger partial charge in [0.25, 0.3) is 0 Å². The van der Waals surface area contributed by atoms with Crippen LogP contribution < -0.4 is 5.32 Å². The first-order valence-electron chi connectivity index (χ1n) is 6.23. The Hall–Kier alpha value is -1.46. The number of nitrogens with zero attached hydrogens (tertiary/aromatic N) is 4. The molecule has 0 fully saturated rings. The van der Waals surface area contributed by atoms with E-state index in [0.717, 1.165) is 17.1 Å². The van der Waals surface area contributed by atoms with Crippen molar-refractivity contribution in [2.24, 2.45) is 0 Å². The van der Waals surface area contributed by atoms with Gasteiger partial charge in [-0.05, 0) is 27.8 Å². The Kier molecular flexibility index (Phi) is 4.17. The van der Waals surface area contributed by atoms with Crippen LogP contribution in [0, 0.1) is 6.92 Å². The van der Waals surface area contributed by atoms with E-state index in [0.29, 0.717) is 5.02 Å². The summed E-state index contributed by atoms with van der Waals surface area (Å²) in [5.41, 5.74) is 2.64. The van der Waals surface area contributed by atoms with E-state index in [1.165, 1.54) is 0 Å². The van der Waals surface area contributed by atoms with E-state index in [9.17, 15) is 0 Å². The van der Waals surface area contributed by atoms with Crippen molar-refractivity contribution in [3.8, 4) is 0 Å². The largest absolute Gasteiger partial charge is 0.307 e. The average molecular weight is 280 g/mol. The molecule has 0 spiro atoms. The molecule has 1 N–H and O–H groups in total. The first-order valence-corrected chi connectivity index (χ1v) is 6.61. The lowest BCUT2D eigenvalue weighted by Gasteiger charge is -2.20. The Labute approximate surface area is 118 Å². The van der Waals surface area contributed by atoms with Crippen LogP contribution in [-0.4, -0.2) is 26.8 Å². The van der Waals surface area contributed by atoms with Gasteiger partial charge in [0.05, 0.1) is 40.5 Å². The molecule has 2 rings (SSSR count). The van der Waals surface area contributed by atoms with Crippen LogP contribution in [0.1, 0.15) is 43.0 Å². The van der Waals surface area contributed by atoms with Crippen molar-refractivity contribution in [2.45, 2.75) is 32.9 Å². The summed E-state index contributed by atoms with van der Waals surface area (Å²) in [5.74, 6) is 0. The van der Waals surface area contributed by atoms with Crippen LogP contribution in [0.25, 0.3) is 0 Å². The van der Waals surface area contributed by atoms with Crippen molar-refractivity contribution in [3.63, 3.8) is 0 Å². The molecule has 102 valence electrons. The number of hydrogen-bond acceptors (Lipinski definition) is 4. The normalized spacial score (nSPS) is 12.9. The van der Waals surface area contributed by atoms with Gasteiger partial charge in [0.15, 0.2) is 0 Å². The number of aryl methyl sites for hydroxylation is 1. The van der Waals surface area contributed by atoms with Crippen molar-refractivity contribution >= 4 is 11.6 Å². The Morgan fingerprint density at radius 3 is 2.47 bits per heavy atom. The number of hydrogen-bond donors (Lipinski definition) is 1. The smallest absolute Gasteiger partial charge is 0.0950 e. The maximum absolute atomic E-state index is 6.27. The summed E-state index contributed by atoms with van der Waals surface area (Å²) in [6.45, 7) is 6.05. The molecule has 0 bridgehead atoms. The SMILES string of the molecule is CNC(c1cnc(C)cn1)c1c(Cl)cnn1C(C)C. The summed E-state index contributed by atoms with van der Waals surface area (Å²) in [4.78, 5) is 8.71. The van der Waals surface area contributed by atoms with Crippen molar-refractivity contribution in [1.82, 2.24) is 25.1 Å². The highest BCUT2D eigenvalue weighted by Gasteiger charge is 2.23. The second-order valence-electron chi connectivity index (χ2n) is 4.72. The lowest BCUT2D eigenvalue weighted by Crippen LogP contribution is -2.24. The maximum atomic E-state index is 6.27. The number of nitrogens with one attached hydrogen (secondary N) is 1. The van der Waals surface area contributed by atoms with E-state index >= 15 is 0 Å². The van der Waals surface area contributed by atoms with Gasteiger partial charge in [-0.2, -0.15) is 5.10 Å². The lowest BCUT2D eigenvalue weighted by atomic mass is 10.1. The monoisotopic (exact) mass is 279 g/mol. The minimum absolute atomic E-state index is 0.120. The van der Waals surface area contributed by atoms with E-state index in [-0.39, 0.29) is 12.1 Å². The number of aromatic nitrogens is 4. The second-order valence-corrected chi connectivity index (χ2v) is 5.13. The van der Waals surface area contributed by atoms with Gasteiger partial charge >= 0.3 is 0 Å². The molecule has 0 saturated heterocycles. The minimum Gasteiger partial charge on any atom is -0.307 e. The maximum Gasteiger partial charge on any atom is 0.0950 e. The summed E-state index contributed by atoms with van der Waals surface area (Å²) in [6.07, 6.45) is 5.19. The molecular weight excluding hydrogens is 262 g/mol. The van der Waals surface area contributed by atoms with Gasteiger partial charge < -0.3 is 5.32 Å². The van der Waals surface area contributed by atoms with Crippen LogP contribution in [0.3, 0.4) is 0 Å². The predicted octanol–water partition coefficient (Wildman–Crippen LogP) is 2.52. The summed E-state index contributed by atoms with van der Waals surface area (Å²) in [6, 6.07) is 0.113. The fourth-order valence-electron chi connectivity index (χ4n) is 2.01. The zero-order chi connectivity index (χ0) is 14.0. The molecule has 0 aliphatic rings. The van der Waals surface area contributed by atoms with Crippen molar-refractivity contribution < 1.29 is 0 Å². The van der Waals surface area contributed by atoms with Gasteiger partial charge in [-0.3, -0.25) is 14.6 Å². The van der Waals surface area contributed by atoms with Crippen molar-refractivity contribution in [3.05, 3.63) is 40.7 Å². The first kappa shape index (κ1) is 14.0. The van der Waals surface area contributed by atoms with E-state index in [4.69, 9.17) is 11.6 Å². The summed E-state index contributed by atoms with van der Waals surface area (Å²) in [5, 5.41) is 8.19. The summed E-state index contributed by atoms with van der Waals surface area (Å²) >= 11 is 6.27. The van der Waals surface area contributed by atoms with Gasteiger partial charge in [0.2, 0.25) is 0 Å². The summed E-state index contributed by atoms with van der Waals surface area (Å²) < 4.78 is 1.91. The van der Waals surface area contributed by atoms with E-state index in [1.807, 2.05) is 18.7 Å². The molecule has 0 saturated carbocycles. The van der Waals surface area contributed by atoms with Gasteiger partial charge in [0.1, 0.15) is 0 Å². The van der Waals surface area contributed by atoms with Gasteiger partial charge in [-0.15, -0.1) is 0 Å². The minimum atomic E-state index is -0.120. The molecule has 0 aromatic carbocycles. The fourth-order valence-corrected chi connectivity index (χ4v) is 2.25. The van der Waals surface area contributed by atoms with Crippen LogP contribution in [0.5, 0.6) is 0 Å². The van der Waals surface area contributed by atoms with E-state index in [2.05, 4.69) is 34.2 Å². The molecule has 0 aliphatic carbocycles. The first-order chi connectivity index (χ1) is 9.04. The highest BCUT2D eigenvalue weighted by Crippen LogP contribution is 2.28. The van der Waals surface area contributed by atoms with Crippen LogP contribution >= 0.6 is 11.6 Å². The molecule has 6 heteroatoms. The molecule has 2 aromatic heterocycles.